The van der Waals surface area contributed by atoms with Gasteiger partial charge in [-0.2, -0.15) is 0 Å². The van der Waals surface area contributed by atoms with Crippen LogP contribution >= 0.6 is 15.9 Å². The minimum absolute atomic E-state index is 0.00923. The van der Waals surface area contributed by atoms with Crippen molar-refractivity contribution in [3.8, 4) is 16.9 Å². The van der Waals surface area contributed by atoms with Gasteiger partial charge in [-0.15, -0.1) is 5.10 Å². The molecule has 3 rings (SSSR count). The highest BCUT2D eigenvalue weighted by atomic mass is 79.9. The van der Waals surface area contributed by atoms with E-state index < -0.39 is 10.0 Å². The molecule has 1 amide bonds. The first-order chi connectivity index (χ1) is 11.9. The van der Waals surface area contributed by atoms with Gasteiger partial charge in [0.1, 0.15) is 0 Å². The van der Waals surface area contributed by atoms with E-state index in [1.54, 1.807) is 16.8 Å². The van der Waals surface area contributed by atoms with Crippen molar-refractivity contribution in [1.29, 1.82) is 0 Å². The van der Waals surface area contributed by atoms with Gasteiger partial charge < -0.3 is 5.32 Å². The number of primary sulfonamides is 1. The fourth-order valence-corrected chi connectivity index (χ4v) is 3.46. The predicted molar refractivity (Wildman–Crippen MR) is 97.8 cm³/mol. The van der Waals surface area contributed by atoms with Gasteiger partial charge in [0.05, 0.1) is 20.7 Å². The maximum absolute atomic E-state index is 11.4. The Bertz CT molecular complexity index is 1020. The van der Waals surface area contributed by atoms with Gasteiger partial charge in [-0.05, 0) is 40.2 Å². The number of carbonyl (C=O) groups is 1. The third-order valence-electron chi connectivity index (χ3n) is 3.48. The summed E-state index contributed by atoms with van der Waals surface area (Å²) in [6.45, 7) is 0. The van der Waals surface area contributed by atoms with Gasteiger partial charge >= 0.3 is 0 Å². The van der Waals surface area contributed by atoms with Crippen LogP contribution < -0.4 is 10.5 Å². The van der Waals surface area contributed by atoms with Crippen LogP contribution in [-0.4, -0.2) is 24.6 Å². The van der Waals surface area contributed by atoms with Crippen molar-refractivity contribution >= 4 is 38.2 Å². The van der Waals surface area contributed by atoms with Crippen molar-refractivity contribution < 1.29 is 13.2 Å². The molecule has 0 aliphatic rings. The lowest BCUT2D eigenvalue weighted by Gasteiger charge is -2.08. The molecule has 0 spiro atoms. The lowest BCUT2D eigenvalue weighted by molar-refractivity contribution is -0.105. The standard InChI is InChI=1S/C16H13BrN4O3S/c17-14-15(11-4-2-1-3-5-11)21(20-16(14)19-10-22)12-6-8-13(9-7-12)25(18,23)24/h1-10H,(H2,18,23,24)(H,19,20,22). The zero-order valence-corrected chi connectivity index (χ0v) is 15.2. The van der Waals surface area contributed by atoms with Gasteiger partial charge in [0, 0.05) is 5.56 Å². The summed E-state index contributed by atoms with van der Waals surface area (Å²) in [5.74, 6) is 0.351. The molecule has 0 aliphatic heterocycles. The Balaban J connectivity index is 2.18. The molecule has 3 N–H and O–H groups in total. The number of benzene rings is 2. The summed E-state index contributed by atoms with van der Waals surface area (Å²) >= 11 is 3.46. The molecule has 0 radical (unpaired) electrons. The van der Waals surface area contributed by atoms with Crippen LogP contribution in [0.1, 0.15) is 0 Å². The number of nitrogens with zero attached hydrogens (tertiary/aromatic N) is 2. The Labute approximate surface area is 152 Å². The van der Waals surface area contributed by atoms with Crippen LogP contribution in [0.3, 0.4) is 0 Å². The fraction of sp³-hybridized carbons (Fsp3) is 0. The van der Waals surface area contributed by atoms with E-state index in [0.717, 1.165) is 5.56 Å². The predicted octanol–water partition coefficient (Wildman–Crippen LogP) is 2.52. The number of carbonyl (C=O) groups excluding carboxylic acids is 1. The van der Waals surface area contributed by atoms with Crippen molar-refractivity contribution in [2.75, 3.05) is 5.32 Å². The number of amides is 1. The van der Waals surface area contributed by atoms with Crippen LogP contribution in [0.4, 0.5) is 5.82 Å². The summed E-state index contributed by atoms with van der Waals surface area (Å²) in [7, 11) is -3.77. The average Bonchev–Trinajstić information content (AvgIpc) is 2.92. The second kappa shape index (κ2) is 6.79. The van der Waals surface area contributed by atoms with Crippen molar-refractivity contribution in [2.24, 2.45) is 5.14 Å². The molecule has 0 saturated carbocycles. The molecule has 0 bridgehead atoms. The molecule has 128 valence electrons. The lowest BCUT2D eigenvalue weighted by Crippen LogP contribution is -2.12. The molecule has 0 aliphatic carbocycles. The topological polar surface area (TPSA) is 107 Å². The molecule has 7 nitrogen and oxygen atoms in total. The third-order valence-corrected chi connectivity index (χ3v) is 5.16. The first-order valence-corrected chi connectivity index (χ1v) is 9.43. The summed E-state index contributed by atoms with van der Waals surface area (Å²) < 4.78 is 25.0. The monoisotopic (exact) mass is 420 g/mol. The highest BCUT2D eigenvalue weighted by Crippen LogP contribution is 2.35. The van der Waals surface area contributed by atoms with Gasteiger partial charge in [-0.25, -0.2) is 18.2 Å². The second-order valence-corrected chi connectivity index (χ2v) is 7.44. The molecule has 3 aromatic rings. The van der Waals surface area contributed by atoms with Gasteiger partial charge in [0.15, 0.2) is 5.82 Å². The number of halogens is 1. The van der Waals surface area contributed by atoms with Gasteiger partial charge in [0.25, 0.3) is 0 Å². The van der Waals surface area contributed by atoms with Gasteiger partial charge in [-0.1, -0.05) is 30.3 Å². The molecule has 0 atom stereocenters. The van der Waals surface area contributed by atoms with Gasteiger partial charge in [-0.3, -0.25) is 4.79 Å². The Morgan fingerprint density at radius 3 is 2.28 bits per heavy atom. The number of hydrogen-bond donors (Lipinski definition) is 2. The zero-order chi connectivity index (χ0) is 18.0. The Hall–Kier alpha value is -2.49. The summed E-state index contributed by atoms with van der Waals surface area (Å²) in [4.78, 5) is 10.8. The zero-order valence-electron chi connectivity index (χ0n) is 12.8. The molecule has 25 heavy (non-hydrogen) atoms. The van der Waals surface area contributed by atoms with Crippen LogP contribution in [0.25, 0.3) is 16.9 Å². The molecule has 2 aromatic carbocycles. The van der Waals surface area contributed by atoms with Crippen molar-refractivity contribution in [2.45, 2.75) is 4.90 Å². The Kier molecular flexibility index (Phi) is 4.71. The van der Waals surface area contributed by atoms with E-state index in [-0.39, 0.29) is 4.90 Å². The molecular formula is C16H13BrN4O3S. The van der Waals surface area contributed by atoms with Crippen LogP contribution in [0.2, 0.25) is 0 Å². The normalized spacial score (nSPS) is 11.3. The highest BCUT2D eigenvalue weighted by molar-refractivity contribution is 9.10. The Morgan fingerprint density at radius 1 is 1.08 bits per heavy atom. The molecule has 0 unspecified atom stereocenters. The number of hydrogen-bond acceptors (Lipinski definition) is 4. The summed E-state index contributed by atoms with van der Waals surface area (Å²) in [5, 5.41) is 12.0. The van der Waals surface area contributed by atoms with Gasteiger partial charge in [0.2, 0.25) is 16.4 Å². The summed E-state index contributed by atoms with van der Waals surface area (Å²) in [6.07, 6.45) is 0.538. The maximum Gasteiger partial charge on any atom is 0.238 e. The van der Waals surface area contributed by atoms with Crippen molar-refractivity contribution in [3.63, 3.8) is 0 Å². The van der Waals surface area contributed by atoms with E-state index in [4.69, 9.17) is 5.14 Å². The molecular weight excluding hydrogens is 408 g/mol. The lowest BCUT2D eigenvalue weighted by atomic mass is 10.1. The van der Waals surface area contributed by atoms with E-state index in [1.807, 2.05) is 30.3 Å². The van der Waals surface area contributed by atoms with E-state index in [9.17, 15) is 13.2 Å². The van der Waals surface area contributed by atoms with E-state index in [1.165, 1.54) is 12.1 Å². The second-order valence-electron chi connectivity index (χ2n) is 5.09. The number of rotatable bonds is 5. The van der Waals surface area contributed by atoms with Crippen LogP contribution in [-0.2, 0) is 14.8 Å². The van der Waals surface area contributed by atoms with Crippen LogP contribution in [0, 0.1) is 0 Å². The summed E-state index contributed by atoms with van der Waals surface area (Å²) in [6, 6.07) is 15.5. The Morgan fingerprint density at radius 2 is 1.72 bits per heavy atom. The number of aromatic nitrogens is 2. The highest BCUT2D eigenvalue weighted by Gasteiger charge is 2.19. The minimum atomic E-state index is -3.77. The van der Waals surface area contributed by atoms with Crippen molar-refractivity contribution in [1.82, 2.24) is 9.78 Å². The molecule has 9 heteroatoms. The average molecular weight is 421 g/mol. The quantitative estimate of drug-likeness (QED) is 0.618. The molecule has 0 fully saturated rings. The maximum atomic E-state index is 11.4. The smallest absolute Gasteiger partial charge is 0.238 e. The van der Waals surface area contributed by atoms with Crippen LogP contribution in [0.15, 0.2) is 64.0 Å². The molecule has 1 heterocycles. The molecule has 0 saturated heterocycles. The van der Waals surface area contributed by atoms with E-state index in [0.29, 0.717) is 28.1 Å². The SMILES string of the molecule is NS(=O)(=O)c1ccc(-n2nc(NC=O)c(Br)c2-c2ccccc2)cc1. The minimum Gasteiger partial charge on any atom is -0.311 e. The molecule has 1 aromatic heterocycles. The fourth-order valence-electron chi connectivity index (χ4n) is 2.36. The third kappa shape index (κ3) is 3.48. The van der Waals surface area contributed by atoms with Crippen molar-refractivity contribution in [3.05, 3.63) is 59.1 Å². The first-order valence-electron chi connectivity index (χ1n) is 7.09. The number of anilines is 1. The first kappa shape index (κ1) is 17.3. The van der Waals surface area contributed by atoms with E-state index >= 15 is 0 Å². The number of nitrogens with two attached hydrogens (primary N) is 1. The number of sulfonamides is 1. The van der Waals surface area contributed by atoms with Crippen LogP contribution in [0.5, 0.6) is 0 Å². The largest absolute Gasteiger partial charge is 0.311 e. The van der Waals surface area contributed by atoms with E-state index in [2.05, 4.69) is 26.3 Å². The number of nitrogens with one attached hydrogen (secondary N) is 1. The summed E-state index contributed by atoms with van der Waals surface area (Å²) in [5.41, 5.74) is 2.20.